The summed E-state index contributed by atoms with van der Waals surface area (Å²) >= 11 is 0. The Morgan fingerprint density at radius 2 is 2.07 bits per heavy atom. The Hall–Kier alpha value is -0.830. The summed E-state index contributed by atoms with van der Waals surface area (Å²) in [7, 11) is 0. The van der Waals surface area contributed by atoms with Crippen molar-refractivity contribution in [2.24, 2.45) is 0 Å². The van der Waals surface area contributed by atoms with Gasteiger partial charge in [-0.2, -0.15) is 5.10 Å². The topological polar surface area (TPSA) is 38.0 Å². The summed E-state index contributed by atoms with van der Waals surface area (Å²) in [5, 5.41) is 13.7. The minimum absolute atomic E-state index is 0.0774. The van der Waals surface area contributed by atoms with Gasteiger partial charge < -0.3 is 5.11 Å². The molecule has 80 valence electrons. The number of rotatable bonds is 2. The lowest BCUT2D eigenvalue weighted by Crippen LogP contribution is -2.16. The summed E-state index contributed by atoms with van der Waals surface area (Å²) in [5.74, 6) is 0. The fraction of sp³-hybridized carbons (Fsp3) is 0.727. The number of nitrogens with zero attached hydrogens (tertiary/aromatic N) is 2. The lowest BCUT2D eigenvalue weighted by molar-refractivity contribution is 0.168. The van der Waals surface area contributed by atoms with E-state index >= 15 is 0 Å². The van der Waals surface area contributed by atoms with Crippen LogP contribution in [-0.4, -0.2) is 21.0 Å². The molecule has 0 aliphatic carbocycles. The van der Waals surface area contributed by atoms with Gasteiger partial charge in [0, 0.05) is 11.6 Å². The molecule has 0 bridgehead atoms. The first-order valence-corrected chi connectivity index (χ1v) is 5.03. The van der Waals surface area contributed by atoms with Gasteiger partial charge in [0.1, 0.15) is 0 Å². The van der Waals surface area contributed by atoms with Crippen LogP contribution in [0.25, 0.3) is 0 Å². The summed E-state index contributed by atoms with van der Waals surface area (Å²) in [6.45, 7) is 10.8. The Balaban J connectivity index is 2.94. The summed E-state index contributed by atoms with van der Waals surface area (Å²) in [6, 6.07) is 0. The van der Waals surface area contributed by atoms with E-state index in [0.29, 0.717) is 6.54 Å². The maximum absolute atomic E-state index is 9.25. The number of hydrogen-bond acceptors (Lipinski definition) is 2. The highest BCUT2D eigenvalue weighted by molar-refractivity contribution is 5.22. The van der Waals surface area contributed by atoms with E-state index < -0.39 is 0 Å². The van der Waals surface area contributed by atoms with Crippen molar-refractivity contribution < 1.29 is 5.11 Å². The van der Waals surface area contributed by atoms with Gasteiger partial charge in [-0.05, 0) is 19.4 Å². The summed E-state index contributed by atoms with van der Waals surface area (Å²) in [6.07, 6.45) is 1.65. The molecule has 1 aromatic heterocycles. The maximum atomic E-state index is 9.25. The molecule has 3 nitrogen and oxygen atoms in total. The van der Waals surface area contributed by atoms with Gasteiger partial charge in [0.2, 0.25) is 0 Å². The van der Waals surface area contributed by atoms with Gasteiger partial charge in [0.05, 0.1) is 18.3 Å². The Bertz CT molecular complexity index is 308. The quantitative estimate of drug-likeness (QED) is 0.784. The number of aliphatic hydroxyl groups excluding tert-OH is 1. The molecule has 0 aliphatic heterocycles. The molecule has 1 heterocycles. The molecule has 1 atom stereocenters. The van der Waals surface area contributed by atoms with Crippen LogP contribution in [0.15, 0.2) is 6.20 Å². The molecule has 3 heteroatoms. The molecule has 1 aromatic rings. The van der Waals surface area contributed by atoms with Crippen molar-refractivity contribution in [3.05, 3.63) is 17.5 Å². The first-order chi connectivity index (χ1) is 6.30. The van der Waals surface area contributed by atoms with Crippen molar-refractivity contribution in [2.75, 3.05) is 0 Å². The molecule has 0 aromatic carbocycles. The largest absolute Gasteiger partial charge is 0.391 e. The maximum Gasteiger partial charge on any atom is 0.0708 e. The summed E-state index contributed by atoms with van der Waals surface area (Å²) < 4.78 is 1.82. The molecular weight excluding hydrogens is 176 g/mol. The molecular formula is C11H20N2O. The zero-order chi connectivity index (χ0) is 10.9. The Labute approximate surface area is 85.8 Å². The van der Waals surface area contributed by atoms with Crippen LogP contribution in [0.5, 0.6) is 0 Å². The number of aryl methyl sites for hydroxylation is 1. The van der Waals surface area contributed by atoms with Crippen LogP contribution < -0.4 is 0 Å². The smallest absolute Gasteiger partial charge is 0.0708 e. The third-order valence-corrected chi connectivity index (χ3v) is 2.11. The second-order valence-electron chi connectivity index (χ2n) is 4.98. The van der Waals surface area contributed by atoms with E-state index in [1.54, 1.807) is 6.92 Å². The minimum Gasteiger partial charge on any atom is -0.391 e. The summed E-state index contributed by atoms with van der Waals surface area (Å²) in [4.78, 5) is 0. The van der Waals surface area contributed by atoms with Crippen molar-refractivity contribution in [3.63, 3.8) is 0 Å². The third-order valence-electron chi connectivity index (χ3n) is 2.11. The predicted molar refractivity (Wildman–Crippen MR) is 57.3 cm³/mol. The lowest BCUT2D eigenvalue weighted by atomic mass is 9.90. The van der Waals surface area contributed by atoms with Gasteiger partial charge in [-0.15, -0.1) is 0 Å². The lowest BCUT2D eigenvalue weighted by Gasteiger charge is -2.16. The first-order valence-electron chi connectivity index (χ1n) is 5.03. The zero-order valence-electron chi connectivity index (χ0n) is 9.70. The van der Waals surface area contributed by atoms with Crippen LogP contribution in [0.2, 0.25) is 0 Å². The van der Waals surface area contributed by atoms with Crippen LogP contribution in [-0.2, 0) is 12.0 Å². The molecule has 14 heavy (non-hydrogen) atoms. The standard InChI is InChI=1S/C11H20N2O/c1-8-6-13(7-9(2)14)12-10(8)11(3,4)5/h6,9,14H,7H2,1-5H3/t9-/m1/s1. The third kappa shape index (κ3) is 2.58. The van der Waals surface area contributed by atoms with Crippen LogP contribution in [0.1, 0.15) is 39.0 Å². The fourth-order valence-electron chi connectivity index (χ4n) is 1.63. The second-order valence-corrected chi connectivity index (χ2v) is 4.98. The normalized spacial score (nSPS) is 14.4. The van der Waals surface area contributed by atoms with E-state index in [0.717, 1.165) is 5.69 Å². The van der Waals surface area contributed by atoms with E-state index in [2.05, 4.69) is 32.8 Å². The molecule has 0 amide bonds. The molecule has 0 saturated carbocycles. The van der Waals surface area contributed by atoms with Crippen LogP contribution in [0.3, 0.4) is 0 Å². The Morgan fingerprint density at radius 3 is 2.43 bits per heavy atom. The summed E-state index contributed by atoms with van der Waals surface area (Å²) in [5.41, 5.74) is 2.38. The average Bonchev–Trinajstić information content (AvgIpc) is 2.27. The molecule has 0 spiro atoms. The van der Waals surface area contributed by atoms with Gasteiger partial charge in [0.15, 0.2) is 0 Å². The number of aromatic nitrogens is 2. The van der Waals surface area contributed by atoms with Gasteiger partial charge in [-0.3, -0.25) is 4.68 Å². The minimum atomic E-state index is -0.345. The highest BCUT2D eigenvalue weighted by Gasteiger charge is 2.20. The predicted octanol–water partition coefficient (Wildman–Crippen LogP) is 1.87. The highest BCUT2D eigenvalue weighted by atomic mass is 16.3. The Morgan fingerprint density at radius 1 is 1.50 bits per heavy atom. The molecule has 1 rings (SSSR count). The first kappa shape index (κ1) is 11.2. The SMILES string of the molecule is Cc1cn(C[C@@H](C)O)nc1C(C)(C)C. The molecule has 0 radical (unpaired) electrons. The van der Waals surface area contributed by atoms with Crippen molar-refractivity contribution >= 4 is 0 Å². The molecule has 0 aliphatic rings. The Kier molecular flexibility index (Phi) is 3.00. The van der Waals surface area contributed by atoms with Gasteiger partial charge in [-0.1, -0.05) is 20.8 Å². The zero-order valence-corrected chi connectivity index (χ0v) is 9.70. The van der Waals surface area contributed by atoms with Crippen molar-refractivity contribution in [3.8, 4) is 0 Å². The van der Waals surface area contributed by atoms with E-state index in [-0.39, 0.29) is 11.5 Å². The average molecular weight is 196 g/mol. The fourth-order valence-corrected chi connectivity index (χ4v) is 1.63. The number of hydrogen-bond donors (Lipinski definition) is 1. The van der Waals surface area contributed by atoms with Crippen molar-refractivity contribution in [1.82, 2.24) is 9.78 Å². The molecule has 0 fully saturated rings. The van der Waals surface area contributed by atoms with Crippen molar-refractivity contribution in [2.45, 2.75) is 52.7 Å². The second kappa shape index (κ2) is 3.73. The monoisotopic (exact) mass is 196 g/mol. The number of aliphatic hydroxyl groups is 1. The van der Waals surface area contributed by atoms with Crippen LogP contribution in [0, 0.1) is 6.92 Å². The van der Waals surface area contributed by atoms with E-state index in [4.69, 9.17) is 0 Å². The molecule has 0 unspecified atom stereocenters. The van der Waals surface area contributed by atoms with Gasteiger partial charge in [-0.25, -0.2) is 0 Å². The van der Waals surface area contributed by atoms with Gasteiger partial charge >= 0.3 is 0 Å². The van der Waals surface area contributed by atoms with E-state index in [9.17, 15) is 5.11 Å². The van der Waals surface area contributed by atoms with Gasteiger partial charge in [0.25, 0.3) is 0 Å². The molecule has 0 saturated heterocycles. The van der Waals surface area contributed by atoms with E-state index in [1.807, 2.05) is 10.9 Å². The van der Waals surface area contributed by atoms with E-state index in [1.165, 1.54) is 5.56 Å². The van der Waals surface area contributed by atoms with Crippen molar-refractivity contribution in [1.29, 1.82) is 0 Å². The van der Waals surface area contributed by atoms with Crippen LogP contribution in [0.4, 0.5) is 0 Å². The molecule has 1 N–H and O–H groups in total. The van der Waals surface area contributed by atoms with Crippen LogP contribution >= 0.6 is 0 Å². The highest BCUT2D eigenvalue weighted by Crippen LogP contribution is 2.23.